The van der Waals surface area contributed by atoms with Crippen LogP contribution in [0.2, 0.25) is 0 Å². The van der Waals surface area contributed by atoms with Crippen molar-refractivity contribution in [2.24, 2.45) is 0 Å². The molecular formula is C19H23N3O4S. The molecule has 0 saturated heterocycles. The van der Waals surface area contributed by atoms with Gasteiger partial charge in [0, 0.05) is 18.9 Å². The largest absolute Gasteiger partial charge is 0.493 e. The highest BCUT2D eigenvalue weighted by molar-refractivity contribution is 7.89. The molecular weight excluding hydrogens is 366 g/mol. The highest BCUT2D eigenvalue weighted by atomic mass is 32.2. The van der Waals surface area contributed by atoms with Gasteiger partial charge in [0.25, 0.3) is 0 Å². The summed E-state index contributed by atoms with van der Waals surface area (Å²) in [4.78, 5) is 0.208. The SMILES string of the molecule is CCOc1c(C)cc(S(=O)(=O)NC[C@H](c2ccco2)n2cccn2)cc1C. The summed E-state index contributed by atoms with van der Waals surface area (Å²) in [5.41, 5.74) is 1.57. The van der Waals surface area contributed by atoms with Crippen molar-refractivity contribution in [3.8, 4) is 5.75 Å². The molecule has 1 atom stereocenters. The van der Waals surface area contributed by atoms with Gasteiger partial charge < -0.3 is 9.15 Å². The van der Waals surface area contributed by atoms with Gasteiger partial charge in [0.2, 0.25) is 10.0 Å². The molecule has 0 saturated carbocycles. The number of nitrogens with one attached hydrogen (secondary N) is 1. The van der Waals surface area contributed by atoms with Crippen molar-refractivity contribution in [2.45, 2.75) is 31.7 Å². The molecule has 0 bridgehead atoms. The van der Waals surface area contributed by atoms with Crippen LogP contribution in [-0.2, 0) is 10.0 Å². The van der Waals surface area contributed by atoms with Gasteiger partial charge >= 0.3 is 0 Å². The van der Waals surface area contributed by atoms with E-state index in [0.29, 0.717) is 12.4 Å². The predicted molar refractivity (Wildman–Crippen MR) is 101 cm³/mol. The predicted octanol–water partition coefficient (Wildman–Crippen LogP) is 3.06. The van der Waals surface area contributed by atoms with E-state index >= 15 is 0 Å². The second kappa shape index (κ2) is 7.98. The maximum atomic E-state index is 12.8. The van der Waals surface area contributed by atoms with Crippen LogP contribution < -0.4 is 9.46 Å². The molecule has 2 heterocycles. The molecule has 1 aromatic carbocycles. The zero-order chi connectivity index (χ0) is 19.4. The molecule has 144 valence electrons. The van der Waals surface area contributed by atoms with Gasteiger partial charge in [-0.25, -0.2) is 13.1 Å². The molecule has 27 heavy (non-hydrogen) atoms. The van der Waals surface area contributed by atoms with Crippen LogP contribution in [-0.4, -0.2) is 31.3 Å². The molecule has 2 aromatic heterocycles. The van der Waals surface area contributed by atoms with Crippen molar-refractivity contribution in [1.29, 1.82) is 0 Å². The number of hydrogen-bond acceptors (Lipinski definition) is 5. The molecule has 0 aliphatic rings. The zero-order valence-electron chi connectivity index (χ0n) is 15.5. The fourth-order valence-corrected chi connectivity index (χ4v) is 4.19. The summed E-state index contributed by atoms with van der Waals surface area (Å²) in [5, 5.41) is 4.21. The van der Waals surface area contributed by atoms with Crippen LogP contribution in [0.5, 0.6) is 5.75 Å². The molecule has 0 radical (unpaired) electrons. The number of nitrogens with zero attached hydrogens (tertiary/aromatic N) is 2. The Morgan fingerprint density at radius 1 is 1.26 bits per heavy atom. The third-order valence-electron chi connectivity index (χ3n) is 4.22. The van der Waals surface area contributed by atoms with Gasteiger partial charge in [0.05, 0.1) is 17.8 Å². The van der Waals surface area contributed by atoms with E-state index in [1.165, 1.54) is 0 Å². The Hall–Kier alpha value is -2.58. The fourth-order valence-electron chi connectivity index (χ4n) is 2.98. The summed E-state index contributed by atoms with van der Waals surface area (Å²) in [6, 6.07) is 8.20. The van der Waals surface area contributed by atoms with Gasteiger partial charge in [-0.2, -0.15) is 5.10 Å². The Kier molecular flexibility index (Phi) is 5.67. The second-order valence-electron chi connectivity index (χ2n) is 6.19. The summed E-state index contributed by atoms with van der Waals surface area (Å²) in [5.74, 6) is 1.35. The first kappa shape index (κ1) is 19.2. The van der Waals surface area contributed by atoms with Crippen LogP contribution in [0, 0.1) is 13.8 Å². The average Bonchev–Trinajstić information content (AvgIpc) is 3.32. The summed E-state index contributed by atoms with van der Waals surface area (Å²) >= 11 is 0. The first-order valence-electron chi connectivity index (χ1n) is 8.68. The summed E-state index contributed by atoms with van der Waals surface area (Å²) in [7, 11) is -3.70. The molecule has 0 fully saturated rings. The Labute approximate surface area is 159 Å². The van der Waals surface area contributed by atoms with Gasteiger partial charge in [-0.3, -0.25) is 4.68 Å². The number of ether oxygens (including phenoxy) is 1. The van der Waals surface area contributed by atoms with Gasteiger partial charge in [0.1, 0.15) is 17.6 Å². The van der Waals surface area contributed by atoms with Crippen molar-refractivity contribution < 1.29 is 17.6 Å². The summed E-state index contributed by atoms with van der Waals surface area (Å²) in [6.07, 6.45) is 4.97. The third-order valence-corrected chi connectivity index (χ3v) is 5.62. The van der Waals surface area contributed by atoms with Gasteiger partial charge in [-0.05, 0) is 62.2 Å². The van der Waals surface area contributed by atoms with E-state index in [9.17, 15) is 8.42 Å². The van der Waals surface area contributed by atoms with Crippen LogP contribution in [0.15, 0.2) is 58.3 Å². The lowest BCUT2D eigenvalue weighted by molar-refractivity contribution is 0.335. The summed E-state index contributed by atoms with van der Waals surface area (Å²) < 4.78 is 41.1. The number of aromatic nitrogens is 2. The molecule has 0 aliphatic carbocycles. The van der Waals surface area contributed by atoms with E-state index in [0.717, 1.165) is 16.9 Å². The van der Waals surface area contributed by atoms with E-state index in [-0.39, 0.29) is 17.5 Å². The molecule has 0 aliphatic heterocycles. The highest BCUT2D eigenvalue weighted by Gasteiger charge is 2.22. The van der Waals surface area contributed by atoms with E-state index in [1.54, 1.807) is 53.7 Å². The van der Waals surface area contributed by atoms with Crippen molar-refractivity contribution in [3.63, 3.8) is 0 Å². The van der Waals surface area contributed by atoms with Crippen LogP contribution in [0.25, 0.3) is 0 Å². The van der Waals surface area contributed by atoms with Crippen molar-refractivity contribution in [3.05, 3.63) is 65.9 Å². The topological polar surface area (TPSA) is 86.4 Å². The van der Waals surface area contributed by atoms with Gasteiger partial charge in [0.15, 0.2) is 0 Å². The van der Waals surface area contributed by atoms with Crippen LogP contribution in [0.1, 0.15) is 29.9 Å². The lowest BCUT2D eigenvalue weighted by Gasteiger charge is -2.17. The molecule has 3 rings (SSSR count). The van der Waals surface area contributed by atoms with E-state index in [2.05, 4.69) is 9.82 Å². The van der Waals surface area contributed by atoms with Gasteiger partial charge in [-0.15, -0.1) is 0 Å². The molecule has 8 heteroatoms. The van der Waals surface area contributed by atoms with Crippen molar-refractivity contribution in [2.75, 3.05) is 13.2 Å². The summed E-state index contributed by atoms with van der Waals surface area (Å²) in [6.45, 7) is 6.22. The number of furan rings is 1. The third kappa shape index (κ3) is 4.23. The number of aryl methyl sites for hydroxylation is 2. The molecule has 0 spiro atoms. The molecule has 7 nitrogen and oxygen atoms in total. The maximum absolute atomic E-state index is 12.8. The Morgan fingerprint density at radius 2 is 2.00 bits per heavy atom. The average molecular weight is 389 g/mol. The van der Waals surface area contributed by atoms with Crippen molar-refractivity contribution in [1.82, 2.24) is 14.5 Å². The molecule has 3 aromatic rings. The van der Waals surface area contributed by atoms with Crippen LogP contribution >= 0.6 is 0 Å². The fraction of sp³-hybridized carbons (Fsp3) is 0.316. The van der Waals surface area contributed by atoms with E-state index < -0.39 is 10.0 Å². The Morgan fingerprint density at radius 3 is 2.56 bits per heavy atom. The minimum Gasteiger partial charge on any atom is -0.493 e. The maximum Gasteiger partial charge on any atom is 0.240 e. The Balaban J connectivity index is 1.84. The number of sulfonamides is 1. The minimum atomic E-state index is -3.70. The monoisotopic (exact) mass is 389 g/mol. The van der Waals surface area contributed by atoms with E-state index in [1.807, 2.05) is 20.8 Å². The first-order valence-corrected chi connectivity index (χ1v) is 10.2. The zero-order valence-corrected chi connectivity index (χ0v) is 16.4. The normalized spacial score (nSPS) is 12.9. The van der Waals surface area contributed by atoms with Crippen molar-refractivity contribution >= 4 is 10.0 Å². The number of benzene rings is 1. The van der Waals surface area contributed by atoms with Gasteiger partial charge in [-0.1, -0.05) is 0 Å². The number of hydrogen-bond donors (Lipinski definition) is 1. The first-order chi connectivity index (χ1) is 12.9. The van der Waals surface area contributed by atoms with Crippen LogP contribution in [0.4, 0.5) is 0 Å². The number of rotatable bonds is 8. The smallest absolute Gasteiger partial charge is 0.240 e. The van der Waals surface area contributed by atoms with E-state index in [4.69, 9.17) is 9.15 Å². The quantitative estimate of drug-likeness (QED) is 0.640. The standard InChI is InChI=1S/C19H23N3O4S/c1-4-25-19-14(2)11-16(12-15(19)3)27(23,24)21-13-17(18-7-5-10-26-18)22-9-6-8-20-22/h5-12,17,21H,4,13H2,1-3H3/t17-/m1/s1. The lowest BCUT2D eigenvalue weighted by Crippen LogP contribution is -2.31. The van der Waals surface area contributed by atoms with Crippen LogP contribution in [0.3, 0.4) is 0 Å². The second-order valence-corrected chi connectivity index (χ2v) is 7.96. The lowest BCUT2D eigenvalue weighted by atomic mass is 10.1. The molecule has 0 amide bonds. The molecule has 1 N–H and O–H groups in total. The minimum absolute atomic E-state index is 0.114. The molecule has 0 unspecified atom stereocenters. The Bertz CT molecular complexity index is 923. The highest BCUT2D eigenvalue weighted by Crippen LogP contribution is 2.27.